The number of ether oxygens (including phenoxy) is 1. The highest BCUT2D eigenvalue weighted by molar-refractivity contribution is 7.91. The number of esters is 1. The molecule has 6 nitrogen and oxygen atoms in total. The number of sulfonamides is 1. The molecular formula is C13H20N2O4S2. The number of hydrogen-bond acceptors (Lipinski definition) is 6. The first-order valence-corrected chi connectivity index (χ1v) is 9.31. The summed E-state index contributed by atoms with van der Waals surface area (Å²) in [5, 5.41) is 1.60. The van der Waals surface area contributed by atoms with Gasteiger partial charge in [0.05, 0.1) is 12.5 Å². The van der Waals surface area contributed by atoms with Gasteiger partial charge in [-0.1, -0.05) is 0 Å². The molecule has 118 valence electrons. The fourth-order valence-corrected chi connectivity index (χ4v) is 4.86. The number of carbonyl (C=O) groups excluding carboxylic acids is 1. The second-order valence-electron chi connectivity index (χ2n) is 5.12. The molecule has 1 heterocycles. The molecule has 8 heteroatoms. The summed E-state index contributed by atoms with van der Waals surface area (Å²) in [6.45, 7) is 2.16. The lowest BCUT2D eigenvalue weighted by atomic mass is 9.86. The molecule has 0 spiro atoms. The zero-order valence-corrected chi connectivity index (χ0v) is 13.5. The third kappa shape index (κ3) is 4.18. The summed E-state index contributed by atoms with van der Waals surface area (Å²) in [7, 11) is -3.51. The van der Waals surface area contributed by atoms with Crippen molar-refractivity contribution in [1.82, 2.24) is 4.72 Å². The SMILES string of the molecule is CCOC(=O)C1CCC(NS(=O)(=O)c2cc(N)cs2)CC1. The van der Waals surface area contributed by atoms with Gasteiger partial charge >= 0.3 is 5.97 Å². The van der Waals surface area contributed by atoms with E-state index in [1.54, 1.807) is 12.3 Å². The highest BCUT2D eigenvalue weighted by Gasteiger charge is 2.30. The molecule has 3 N–H and O–H groups in total. The van der Waals surface area contributed by atoms with Gasteiger partial charge in [-0.2, -0.15) is 0 Å². The molecular weight excluding hydrogens is 312 g/mol. The first-order chi connectivity index (χ1) is 9.92. The Hall–Kier alpha value is -1.12. The molecule has 0 atom stereocenters. The topological polar surface area (TPSA) is 98.5 Å². The fourth-order valence-electron chi connectivity index (χ4n) is 2.46. The van der Waals surface area contributed by atoms with Gasteiger partial charge in [0.2, 0.25) is 10.0 Å². The van der Waals surface area contributed by atoms with Gasteiger partial charge in [-0.05, 0) is 38.7 Å². The van der Waals surface area contributed by atoms with Gasteiger partial charge in [0.15, 0.2) is 0 Å². The van der Waals surface area contributed by atoms with Crippen LogP contribution in [-0.2, 0) is 19.6 Å². The zero-order chi connectivity index (χ0) is 15.5. The van der Waals surface area contributed by atoms with Gasteiger partial charge in [-0.25, -0.2) is 13.1 Å². The second-order valence-corrected chi connectivity index (χ2v) is 7.97. The normalized spacial score (nSPS) is 22.9. The summed E-state index contributed by atoms with van der Waals surface area (Å²) in [4.78, 5) is 11.6. The number of rotatable bonds is 5. The first kappa shape index (κ1) is 16.3. The maximum absolute atomic E-state index is 12.2. The minimum absolute atomic E-state index is 0.108. The molecule has 0 saturated heterocycles. The maximum atomic E-state index is 12.2. The van der Waals surface area contributed by atoms with Crippen LogP contribution < -0.4 is 10.5 Å². The van der Waals surface area contributed by atoms with Crippen LogP contribution in [0.5, 0.6) is 0 Å². The van der Waals surface area contributed by atoms with Crippen molar-refractivity contribution < 1.29 is 17.9 Å². The predicted octanol–water partition coefficient (Wildman–Crippen LogP) is 1.73. The molecule has 21 heavy (non-hydrogen) atoms. The molecule has 1 fully saturated rings. The Morgan fingerprint density at radius 3 is 2.62 bits per heavy atom. The Kier molecular flexibility index (Phi) is 5.23. The van der Waals surface area contributed by atoms with E-state index in [9.17, 15) is 13.2 Å². The average molecular weight is 332 g/mol. The second kappa shape index (κ2) is 6.76. The lowest BCUT2D eigenvalue weighted by Gasteiger charge is -2.27. The molecule has 2 rings (SSSR count). The molecule has 0 aromatic carbocycles. The monoisotopic (exact) mass is 332 g/mol. The summed E-state index contributed by atoms with van der Waals surface area (Å²) >= 11 is 1.11. The Balaban J connectivity index is 1.90. The number of thiophene rings is 1. The molecule has 1 aromatic rings. The van der Waals surface area contributed by atoms with Crippen LogP contribution in [0.2, 0.25) is 0 Å². The van der Waals surface area contributed by atoms with Crippen molar-refractivity contribution in [2.24, 2.45) is 5.92 Å². The smallest absolute Gasteiger partial charge is 0.308 e. The van der Waals surface area contributed by atoms with Crippen molar-refractivity contribution >= 4 is 33.0 Å². The largest absolute Gasteiger partial charge is 0.466 e. The van der Waals surface area contributed by atoms with E-state index >= 15 is 0 Å². The Bertz CT molecular complexity index is 589. The number of carbonyl (C=O) groups is 1. The fraction of sp³-hybridized carbons (Fsp3) is 0.615. The molecule has 1 aromatic heterocycles. The van der Waals surface area contributed by atoms with E-state index in [0.717, 1.165) is 11.3 Å². The quantitative estimate of drug-likeness (QED) is 0.800. The van der Waals surface area contributed by atoms with E-state index in [1.165, 1.54) is 6.07 Å². The van der Waals surface area contributed by atoms with E-state index in [0.29, 0.717) is 38.0 Å². The molecule has 0 aliphatic heterocycles. The van der Waals surface area contributed by atoms with Crippen molar-refractivity contribution in [3.63, 3.8) is 0 Å². The molecule has 0 bridgehead atoms. The maximum Gasteiger partial charge on any atom is 0.308 e. The summed E-state index contributed by atoms with van der Waals surface area (Å²) < 4.78 is 32.3. The Morgan fingerprint density at radius 2 is 2.10 bits per heavy atom. The minimum Gasteiger partial charge on any atom is -0.466 e. The van der Waals surface area contributed by atoms with Gasteiger partial charge in [0.1, 0.15) is 4.21 Å². The summed E-state index contributed by atoms with van der Waals surface area (Å²) in [6, 6.07) is 1.32. The molecule has 1 aliphatic rings. The number of nitrogens with two attached hydrogens (primary N) is 1. The van der Waals surface area contributed by atoms with Gasteiger partial charge in [0, 0.05) is 17.1 Å². The van der Waals surface area contributed by atoms with Crippen molar-refractivity contribution in [3.8, 4) is 0 Å². The van der Waals surface area contributed by atoms with Crippen LogP contribution in [0, 0.1) is 5.92 Å². The minimum atomic E-state index is -3.51. The molecule has 0 radical (unpaired) electrons. The van der Waals surface area contributed by atoms with Crippen LogP contribution in [0.15, 0.2) is 15.7 Å². The van der Waals surface area contributed by atoms with E-state index in [4.69, 9.17) is 10.5 Å². The van der Waals surface area contributed by atoms with Crippen molar-refractivity contribution in [2.75, 3.05) is 12.3 Å². The molecule has 1 aliphatic carbocycles. The van der Waals surface area contributed by atoms with Crippen LogP contribution in [0.1, 0.15) is 32.6 Å². The van der Waals surface area contributed by atoms with Gasteiger partial charge in [0.25, 0.3) is 0 Å². The molecule has 0 amide bonds. The van der Waals surface area contributed by atoms with E-state index in [1.807, 2.05) is 0 Å². The summed E-state index contributed by atoms with van der Waals surface area (Å²) in [5.41, 5.74) is 6.01. The van der Waals surface area contributed by atoms with Crippen LogP contribution in [0.3, 0.4) is 0 Å². The van der Waals surface area contributed by atoms with Crippen molar-refractivity contribution in [3.05, 3.63) is 11.4 Å². The van der Waals surface area contributed by atoms with Crippen LogP contribution in [0.4, 0.5) is 5.69 Å². The first-order valence-electron chi connectivity index (χ1n) is 6.95. The van der Waals surface area contributed by atoms with Crippen LogP contribution in [0.25, 0.3) is 0 Å². The highest BCUT2D eigenvalue weighted by Crippen LogP contribution is 2.28. The van der Waals surface area contributed by atoms with Crippen LogP contribution >= 0.6 is 11.3 Å². The predicted molar refractivity (Wildman–Crippen MR) is 81.4 cm³/mol. The van der Waals surface area contributed by atoms with Gasteiger partial charge < -0.3 is 10.5 Å². The van der Waals surface area contributed by atoms with Gasteiger partial charge in [-0.15, -0.1) is 11.3 Å². The lowest BCUT2D eigenvalue weighted by molar-refractivity contribution is -0.149. The third-order valence-corrected chi connectivity index (χ3v) is 6.51. The number of hydrogen-bond donors (Lipinski definition) is 2. The summed E-state index contributed by atoms with van der Waals surface area (Å²) in [6.07, 6.45) is 2.59. The third-order valence-electron chi connectivity index (χ3n) is 3.53. The standard InChI is InChI=1S/C13H20N2O4S2/c1-2-19-13(16)9-3-5-11(6-4-9)15-21(17,18)12-7-10(14)8-20-12/h7-9,11,15H,2-6,14H2,1H3. The Morgan fingerprint density at radius 1 is 1.43 bits per heavy atom. The Labute approximate surface area is 128 Å². The molecule has 1 saturated carbocycles. The number of anilines is 1. The summed E-state index contributed by atoms with van der Waals surface area (Å²) in [5.74, 6) is -0.284. The van der Waals surface area contributed by atoms with Crippen molar-refractivity contribution in [1.29, 1.82) is 0 Å². The zero-order valence-electron chi connectivity index (χ0n) is 11.9. The number of nitrogen functional groups attached to an aromatic ring is 1. The van der Waals surface area contributed by atoms with E-state index in [2.05, 4.69) is 4.72 Å². The number of nitrogens with one attached hydrogen (secondary N) is 1. The van der Waals surface area contributed by atoms with Crippen molar-refractivity contribution in [2.45, 2.75) is 42.9 Å². The lowest BCUT2D eigenvalue weighted by Crippen LogP contribution is -2.38. The average Bonchev–Trinajstić information content (AvgIpc) is 2.87. The molecule has 0 unspecified atom stereocenters. The van der Waals surface area contributed by atoms with Crippen LogP contribution in [-0.4, -0.2) is 27.0 Å². The van der Waals surface area contributed by atoms with E-state index < -0.39 is 10.0 Å². The van der Waals surface area contributed by atoms with Gasteiger partial charge in [-0.3, -0.25) is 4.79 Å². The van der Waals surface area contributed by atoms with E-state index in [-0.39, 0.29) is 22.1 Å². The highest BCUT2D eigenvalue weighted by atomic mass is 32.2.